The number of hydrogen-bond donors (Lipinski definition) is 1. The van der Waals surface area contributed by atoms with Crippen molar-refractivity contribution in [3.05, 3.63) is 0 Å². The van der Waals surface area contributed by atoms with Gasteiger partial charge >= 0.3 is 18.3 Å². The van der Waals surface area contributed by atoms with Crippen LogP contribution in [0.1, 0.15) is 20.3 Å². The fourth-order valence-corrected chi connectivity index (χ4v) is 1.45. The maximum absolute atomic E-state index is 12.6. The van der Waals surface area contributed by atoms with Gasteiger partial charge in [-0.05, 0) is 13.8 Å². The van der Waals surface area contributed by atoms with Crippen LogP contribution >= 0.6 is 0 Å². The van der Waals surface area contributed by atoms with Crippen molar-refractivity contribution in [2.75, 3.05) is 6.54 Å². The van der Waals surface area contributed by atoms with Crippen LogP contribution in [0.3, 0.4) is 0 Å². The zero-order valence-corrected chi connectivity index (χ0v) is 9.64. The van der Waals surface area contributed by atoms with Gasteiger partial charge in [0.05, 0.1) is 13.0 Å². The first-order chi connectivity index (χ1) is 7.84. The summed E-state index contributed by atoms with van der Waals surface area (Å²) in [6, 6.07) is -3.74. The topological polar surface area (TPSA) is 40.5 Å². The lowest BCUT2D eigenvalue weighted by molar-refractivity contribution is -0.218. The summed E-state index contributed by atoms with van der Waals surface area (Å²) in [7, 11) is 0. The van der Waals surface area contributed by atoms with E-state index in [1.807, 2.05) is 0 Å². The number of hydrogen-bond acceptors (Lipinski definition) is 2. The van der Waals surface area contributed by atoms with E-state index in [0.717, 1.165) is 13.8 Å². The molecule has 0 bridgehead atoms. The van der Waals surface area contributed by atoms with E-state index in [0.29, 0.717) is 0 Å². The molecule has 0 aliphatic heterocycles. The largest absolute Gasteiger partial charge is 0.481 e. The number of rotatable bonds is 5. The lowest BCUT2D eigenvalue weighted by atomic mass is 10.1. The number of halogens is 6. The Bertz CT molecular complexity index is 286. The van der Waals surface area contributed by atoms with Crippen LogP contribution in [0.5, 0.6) is 0 Å². The average Bonchev–Trinajstić information content (AvgIpc) is 2.06. The van der Waals surface area contributed by atoms with Gasteiger partial charge in [0.25, 0.3) is 0 Å². The zero-order valence-electron chi connectivity index (χ0n) is 9.64. The smallest absolute Gasteiger partial charge is 0.404 e. The van der Waals surface area contributed by atoms with E-state index in [4.69, 9.17) is 5.11 Å². The second-order valence-electron chi connectivity index (χ2n) is 4.04. The SMILES string of the molecule is CC(C)N(CC(F)(F)F)C(CC(=O)O)C(F)(F)F. The van der Waals surface area contributed by atoms with Crippen molar-refractivity contribution in [3.63, 3.8) is 0 Å². The normalized spacial score (nSPS) is 15.2. The third-order valence-corrected chi connectivity index (χ3v) is 2.17. The standard InChI is InChI=1S/C9H13F6NO2/c1-5(2)16(4-8(10,11)12)6(3-7(17)18)9(13,14)15/h5-6H,3-4H2,1-2H3,(H,17,18). The molecular weight excluding hydrogens is 268 g/mol. The molecule has 0 aromatic heterocycles. The Labute approximate surface area is 99.4 Å². The summed E-state index contributed by atoms with van der Waals surface area (Å²) in [5.74, 6) is -1.80. The molecule has 18 heavy (non-hydrogen) atoms. The predicted molar refractivity (Wildman–Crippen MR) is 50.0 cm³/mol. The summed E-state index contributed by atoms with van der Waals surface area (Å²) in [6.07, 6.45) is -11.3. The molecule has 1 N–H and O–H groups in total. The highest BCUT2D eigenvalue weighted by molar-refractivity contribution is 5.67. The average molecular weight is 281 g/mol. The molecule has 0 heterocycles. The Balaban J connectivity index is 5.17. The third kappa shape index (κ3) is 6.08. The van der Waals surface area contributed by atoms with Gasteiger partial charge < -0.3 is 5.11 Å². The van der Waals surface area contributed by atoms with E-state index < -0.39 is 43.4 Å². The van der Waals surface area contributed by atoms with Crippen molar-refractivity contribution in [2.24, 2.45) is 0 Å². The van der Waals surface area contributed by atoms with Gasteiger partial charge in [0, 0.05) is 6.04 Å². The lowest BCUT2D eigenvalue weighted by Gasteiger charge is -2.35. The van der Waals surface area contributed by atoms with Gasteiger partial charge in [-0.1, -0.05) is 0 Å². The Morgan fingerprint density at radius 1 is 1.17 bits per heavy atom. The molecule has 0 saturated heterocycles. The number of nitrogens with zero attached hydrogens (tertiary/aromatic N) is 1. The number of carbonyl (C=O) groups is 1. The summed E-state index contributed by atoms with van der Waals surface area (Å²) in [6.45, 7) is 0.487. The highest BCUT2D eigenvalue weighted by Crippen LogP contribution is 2.31. The molecule has 9 heteroatoms. The molecule has 0 amide bonds. The van der Waals surface area contributed by atoms with Crippen molar-refractivity contribution < 1.29 is 36.2 Å². The van der Waals surface area contributed by atoms with Crippen LogP contribution in [0.15, 0.2) is 0 Å². The second kappa shape index (κ2) is 5.77. The van der Waals surface area contributed by atoms with Crippen molar-refractivity contribution in [2.45, 2.75) is 44.7 Å². The summed E-state index contributed by atoms with van der Waals surface area (Å²) in [5.41, 5.74) is 0. The zero-order chi connectivity index (χ0) is 14.7. The first-order valence-electron chi connectivity index (χ1n) is 4.95. The monoisotopic (exact) mass is 281 g/mol. The fraction of sp³-hybridized carbons (Fsp3) is 0.889. The number of aliphatic carboxylic acids is 1. The second-order valence-corrected chi connectivity index (χ2v) is 4.04. The van der Waals surface area contributed by atoms with E-state index in [9.17, 15) is 31.1 Å². The van der Waals surface area contributed by atoms with Crippen LogP contribution in [0.25, 0.3) is 0 Å². The third-order valence-electron chi connectivity index (χ3n) is 2.17. The maximum atomic E-state index is 12.6. The fourth-order valence-electron chi connectivity index (χ4n) is 1.45. The summed E-state index contributed by atoms with van der Waals surface area (Å²) in [5, 5.41) is 8.37. The van der Waals surface area contributed by atoms with Gasteiger partial charge in [-0.25, -0.2) is 0 Å². The molecule has 0 fully saturated rings. The minimum absolute atomic E-state index is 0.0914. The molecule has 0 radical (unpaired) electrons. The van der Waals surface area contributed by atoms with Gasteiger partial charge in [0.1, 0.15) is 6.04 Å². The molecule has 3 nitrogen and oxygen atoms in total. The Hall–Kier alpha value is -0.990. The van der Waals surface area contributed by atoms with Gasteiger partial charge in [0.2, 0.25) is 0 Å². The molecule has 0 rings (SSSR count). The minimum Gasteiger partial charge on any atom is -0.481 e. The number of carboxylic acids is 1. The first-order valence-corrected chi connectivity index (χ1v) is 4.95. The molecule has 1 atom stereocenters. The van der Waals surface area contributed by atoms with Gasteiger partial charge in [0.15, 0.2) is 0 Å². The van der Waals surface area contributed by atoms with Gasteiger partial charge in [-0.2, -0.15) is 26.3 Å². The molecule has 0 saturated carbocycles. The highest BCUT2D eigenvalue weighted by Gasteiger charge is 2.48. The molecule has 0 spiro atoms. The number of carboxylic acid groups (broad SMARTS) is 1. The highest BCUT2D eigenvalue weighted by atomic mass is 19.4. The van der Waals surface area contributed by atoms with E-state index in [1.54, 1.807) is 0 Å². The molecule has 0 aliphatic rings. The van der Waals surface area contributed by atoms with E-state index >= 15 is 0 Å². The van der Waals surface area contributed by atoms with Crippen molar-refractivity contribution >= 4 is 5.97 Å². The summed E-state index contributed by atoms with van der Waals surface area (Å²) in [4.78, 5) is 10.4. The van der Waals surface area contributed by atoms with Crippen LogP contribution in [0.2, 0.25) is 0 Å². The molecule has 0 aliphatic carbocycles. The number of alkyl halides is 6. The van der Waals surface area contributed by atoms with Crippen LogP contribution in [0, 0.1) is 0 Å². The van der Waals surface area contributed by atoms with E-state index in [-0.39, 0.29) is 4.90 Å². The lowest BCUT2D eigenvalue weighted by Crippen LogP contribution is -2.53. The van der Waals surface area contributed by atoms with Crippen molar-refractivity contribution in [1.29, 1.82) is 0 Å². The van der Waals surface area contributed by atoms with Crippen LogP contribution < -0.4 is 0 Å². The molecule has 1 unspecified atom stereocenters. The van der Waals surface area contributed by atoms with Gasteiger partial charge in [-0.3, -0.25) is 9.69 Å². The quantitative estimate of drug-likeness (QED) is 0.788. The molecular formula is C9H13F6NO2. The summed E-state index contributed by atoms with van der Waals surface area (Å²) < 4.78 is 74.4. The summed E-state index contributed by atoms with van der Waals surface area (Å²) >= 11 is 0. The Morgan fingerprint density at radius 2 is 1.61 bits per heavy atom. The Kier molecular flexibility index (Phi) is 5.45. The van der Waals surface area contributed by atoms with E-state index in [2.05, 4.69) is 0 Å². The Morgan fingerprint density at radius 3 is 1.83 bits per heavy atom. The predicted octanol–water partition coefficient (Wildman–Crippen LogP) is 2.66. The van der Waals surface area contributed by atoms with E-state index in [1.165, 1.54) is 0 Å². The maximum Gasteiger partial charge on any atom is 0.404 e. The van der Waals surface area contributed by atoms with Crippen molar-refractivity contribution in [3.8, 4) is 0 Å². The molecule has 0 aromatic carbocycles. The van der Waals surface area contributed by atoms with Crippen molar-refractivity contribution in [1.82, 2.24) is 4.90 Å². The van der Waals surface area contributed by atoms with Crippen LogP contribution in [0.4, 0.5) is 26.3 Å². The molecule has 0 aromatic rings. The van der Waals surface area contributed by atoms with Crippen LogP contribution in [-0.2, 0) is 4.79 Å². The van der Waals surface area contributed by atoms with Crippen LogP contribution in [-0.4, -0.2) is 47.0 Å². The molecule has 108 valence electrons. The van der Waals surface area contributed by atoms with Gasteiger partial charge in [-0.15, -0.1) is 0 Å². The minimum atomic E-state index is -5.03. The first kappa shape index (κ1) is 17.0.